The SMILES string of the molecule is CC(C)(C)OC(=O)N1CCCC(CCN)(C(=O)O)C1. The first-order chi connectivity index (χ1) is 8.70. The second kappa shape index (κ2) is 5.77. The Balaban J connectivity index is 2.77. The van der Waals surface area contributed by atoms with Crippen LogP contribution in [0.2, 0.25) is 0 Å². The molecule has 1 saturated heterocycles. The first kappa shape index (κ1) is 15.8. The lowest BCUT2D eigenvalue weighted by atomic mass is 9.77. The van der Waals surface area contributed by atoms with E-state index in [1.807, 2.05) is 0 Å². The maximum absolute atomic E-state index is 12.0. The van der Waals surface area contributed by atoms with E-state index < -0.39 is 23.1 Å². The summed E-state index contributed by atoms with van der Waals surface area (Å²) in [6.45, 7) is 6.38. The van der Waals surface area contributed by atoms with E-state index in [0.29, 0.717) is 32.4 Å². The number of carboxylic acids is 1. The summed E-state index contributed by atoms with van der Waals surface area (Å²) in [5.74, 6) is -0.883. The van der Waals surface area contributed by atoms with E-state index in [4.69, 9.17) is 10.5 Å². The van der Waals surface area contributed by atoms with Gasteiger partial charge in [-0.25, -0.2) is 4.79 Å². The van der Waals surface area contributed by atoms with Gasteiger partial charge in [-0.05, 0) is 46.6 Å². The Bertz CT molecular complexity index is 347. The number of hydrogen-bond donors (Lipinski definition) is 2. The Kier molecular flexibility index (Phi) is 4.79. The lowest BCUT2D eigenvalue weighted by molar-refractivity contribution is -0.152. The number of hydrogen-bond acceptors (Lipinski definition) is 4. The summed E-state index contributed by atoms with van der Waals surface area (Å²) in [6, 6.07) is 0. The molecule has 3 N–H and O–H groups in total. The minimum Gasteiger partial charge on any atom is -0.481 e. The number of nitrogens with two attached hydrogens (primary N) is 1. The Hall–Kier alpha value is -1.30. The number of nitrogens with zero attached hydrogens (tertiary/aromatic N) is 1. The number of aliphatic carboxylic acids is 1. The van der Waals surface area contributed by atoms with E-state index in [1.165, 1.54) is 4.90 Å². The standard InChI is InChI=1S/C13H24N2O4/c1-12(2,3)19-11(18)15-8-4-5-13(9-15,6-7-14)10(16)17/h4-9,14H2,1-3H3,(H,16,17). The van der Waals surface area contributed by atoms with Gasteiger partial charge in [0.1, 0.15) is 5.60 Å². The van der Waals surface area contributed by atoms with Gasteiger partial charge < -0.3 is 20.5 Å². The number of ether oxygens (including phenoxy) is 1. The quantitative estimate of drug-likeness (QED) is 0.811. The van der Waals surface area contributed by atoms with Crippen LogP contribution < -0.4 is 5.73 Å². The highest BCUT2D eigenvalue weighted by Crippen LogP contribution is 2.34. The number of likely N-dealkylation sites (tertiary alicyclic amines) is 1. The number of amides is 1. The summed E-state index contributed by atoms with van der Waals surface area (Å²) >= 11 is 0. The predicted octanol–water partition coefficient (Wildman–Crippen LogP) is 1.44. The number of carboxylic acid groups (broad SMARTS) is 1. The highest BCUT2D eigenvalue weighted by molar-refractivity contribution is 5.77. The van der Waals surface area contributed by atoms with E-state index >= 15 is 0 Å². The van der Waals surface area contributed by atoms with Crippen molar-refractivity contribution >= 4 is 12.1 Å². The zero-order chi connectivity index (χ0) is 14.7. The van der Waals surface area contributed by atoms with Gasteiger partial charge in [-0.3, -0.25) is 4.79 Å². The van der Waals surface area contributed by atoms with E-state index in [0.717, 1.165) is 0 Å². The Morgan fingerprint density at radius 1 is 1.42 bits per heavy atom. The Morgan fingerprint density at radius 3 is 2.53 bits per heavy atom. The number of piperidine rings is 1. The van der Waals surface area contributed by atoms with Gasteiger partial charge >= 0.3 is 12.1 Å². The molecule has 1 aliphatic heterocycles. The fourth-order valence-electron chi connectivity index (χ4n) is 2.38. The Morgan fingerprint density at radius 2 is 2.05 bits per heavy atom. The van der Waals surface area contributed by atoms with Crippen LogP contribution in [0.5, 0.6) is 0 Å². The van der Waals surface area contributed by atoms with E-state index in [9.17, 15) is 14.7 Å². The molecular weight excluding hydrogens is 248 g/mol. The van der Waals surface area contributed by atoms with Gasteiger partial charge in [0.15, 0.2) is 0 Å². The highest BCUT2D eigenvalue weighted by atomic mass is 16.6. The molecule has 1 aliphatic rings. The van der Waals surface area contributed by atoms with Crippen LogP contribution in [0.3, 0.4) is 0 Å². The van der Waals surface area contributed by atoms with Crippen LogP contribution in [0.25, 0.3) is 0 Å². The fourth-order valence-corrected chi connectivity index (χ4v) is 2.38. The van der Waals surface area contributed by atoms with E-state index in [1.54, 1.807) is 20.8 Å². The summed E-state index contributed by atoms with van der Waals surface area (Å²) < 4.78 is 5.29. The zero-order valence-corrected chi connectivity index (χ0v) is 11.9. The summed E-state index contributed by atoms with van der Waals surface area (Å²) in [6.07, 6.45) is 1.14. The molecule has 0 saturated carbocycles. The first-order valence-corrected chi connectivity index (χ1v) is 6.62. The molecule has 0 aromatic carbocycles. The molecule has 0 spiro atoms. The first-order valence-electron chi connectivity index (χ1n) is 6.62. The molecule has 1 fully saturated rings. The molecule has 0 radical (unpaired) electrons. The molecule has 0 aromatic rings. The third-order valence-corrected chi connectivity index (χ3v) is 3.31. The highest BCUT2D eigenvalue weighted by Gasteiger charge is 2.43. The normalized spacial score (nSPS) is 24.1. The van der Waals surface area contributed by atoms with Crippen molar-refractivity contribution in [2.24, 2.45) is 11.1 Å². The molecule has 1 rings (SSSR count). The average molecular weight is 272 g/mol. The molecule has 0 aliphatic carbocycles. The third kappa shape index (κ3) is 4.09. The number of carbonyl (C=O) groups excluding carboxylic acids is 1. The number of rotatable bonds is 3. The average Bonchev–Trinajstić information content (AvgIpc) is 2.27. The summed E-state index contributed by atoms with van der Waals surface area (Å²) in [5, 5.41) is 9.42. The maximum atomic E-state index is 12.0. The van der Waals surface area contributed by atoms with Gasteiger partial charge in [0.25, 0.3) is 0 Å². The Labute approximate surface area is 113 Å². The van der Waals surface area contributed by atoms with Gasteiger partial charge in [-0.15, -0.1) is 0 Å². The lowest BCUT2D eigenvalue weighted by Crippen LogP contribution is -2.51. The molecule has 6 heteroatoms. The fraction of sp³-hybridized carbons (Fsp3) is 0.846. The molecule has 6 nitrogen and oxygen atoms in total. The lowest BCUT2D eigenvalue weighted by Gasteiger charge is -2.40. The van der Waals surface area contributed by atoms with Crippen molar-refractivity contribution in [1.82, 2.24) is 4.90 Å². The van der Waals surface area contributed by atoms with Crippen LogP contribution >= 0.6 is 0 Å². The topological polar surface area (TPSA) is 92.9 Å². The van der Waals surface area contributed by atoms with Gasteiger partial charge in [0, 0.05) is 13.1 Å². The monoisotopic (exact) mass is 272 g/mol. The molecule has 110 valence electrons. The van der Waals surface area contributed by atoms with Crippen molar-refractivity contribution in [3.05, 3.63) is 0 Å². The van der Waals surface area contributed by atoms with Gasteiger partial charge in [0.05, 0.1) is 5.41 Å². The van der Waals surface area contributed by atoms with Gasteiger partial charge in [-0.2, -0.15) is 0 Å². The van der Waals surface area contributed by atoms with Crippen LogP contribution in [-0.4, -0.2) is 47.3 Å². The van der Waals surface area contributed by atoms with Crippen molar-refractivity contribution in [3.63, 3.8) is 0 Å². The molecule has 1 amide bonds. The summed E-state index contributed by atoms with van der Waals surface area (Å²) in [7, 11) is 0. The summed E-state index contributed by atoms with van der Waals surface area (Å²) in [4.78, 5) is 25.0. The number of carbonyl (C=O) groups is 2. The third-order valence-electron chi connectivity index (χ3n) is 3.31. The molecule has 0 aromatic heterocycles. The van der Waals surface area contributed by atoms with Crippen molar-refractivity contribution in [2.75, 3.05) is 19.6 Å². The smallest absolute Gasteiger partial charge is 0.410 e. The van der Waals surface area contributed by atoms with Crippen molar-refractivity contribution in [3.8, 4) is 0 Å². The molecule has 19 heavy (non-hydrogen) atoms. The van der Waals surface area contributed by atoms with Crippen LogP contribution in [0.15, 0.2) is 0 Å². The second-order valence-electron chi connectivity index (χ2n) is 6.13. The molecular formula is C13H24N2O4. The molecule has 0 bridgehead atoms. The van der Waals surface area contributed by atoms with E-state index in [2.05, 4.69) is 0 Å². The van der Waals surface area contributed by atoms with Crippen LogP contribution in [-0.2, 0) is 9.53 Å². The van der Waals surface area contributed by atoms with Crippen LogP contribution in [0, 0.1) is 5.41 Å². The summed E-state index contributed by atoms with van der Waals surface area (Å²) in [5.41, 5.74) is 4.01. The minimum absolute atomic E-state index is 0.175. The largest absolute Gasteiger partial charge is 0.481 e. The van der Waals surface area contributed by atoms with Crippen molar-refractivity contribution < 1.29 is 19.4 Å². The van der Waals surface area contributed by atoms with Gasteiger partial charge in [-0.1, -0.05) is 0 Å². The van der Waals surface area contributed by atoms with Crippen LogP contribution in [0.1, 0.15) is 40.0 Å². The van der Waals surface area contributed by atoms with E-state index in [-0.39, 0.29) is 6.54 Å². The zero-order valence-electron chi connectivity index (χ0n) is 11.9. The van der Waals surface area contributed by atoms with Crippen LogP contribution in [0.4, 0.5) is 4.79 Å². The van der Waals surface area contributed by atoms with Crippen molar-refractivity contribution in [2.45, 2.75) is 45.6 Å². The molecule has 1 heterocycles. The van der Waals surface area contributed by atoms with Crippen molar-refractivity contribution in [1.29, 1.82) is 0 Å². The predicted molar refractivity (Wildman–Crippen MR) is 70.8 cm³/mol. The maximum Gasteiger partial charge on any atom is 0.410 e. The second-order valence-corrected chi connectivity index (χ2v) is 6.13. The minimum atomic E-state index is -0.927. The molecule has 1 atom stereocenters. The van der Waals surface area contributed by atoms with Gasteiger partial charge in [0.2, 0.25) is 0 Å². The molecule has 1 unspecified atom stereocenters.